The van der Waals surface area contributed by atoms with E-state index < -0.39 is 22.5 Å². The number of carbonyl (C=O) groups is 1. The summed E-state index contributed by atoms with van der Waals surface area (Å²) >= 11 is 11.9. The van der Waals surface area contributed by atoms with Gasteiger partial charge in [-0.15, -0.1) is 0 Å². The van der Waals surface area contributed by atoms with E-state index in [0.717, 1.165) is 9.87 Å². The molecule has 0 aromatic heterocycles. The van der Waals surface area contributed by atoms with Crippen molar-refractivity contribution in [2.75, 3.05) is 25.1 Å². The molecule has 3 rings (SSSR count). The lowest BCUT2D eigenvalue weighted by Crippen LogP contribution is -2.40. The molecule has 33 heavy (non-hydrogen) atoms. The number of methoxy groups -OCH3 is 2. The zero-order valence-electron chi connectivity index (χ0n) is 17.9. The van der Waals surface area contributed by atoms with Crippen molar-refractivity contribution in [3.8, 4) is 11.5 Å². The van der Waals surface area contributed by atoms with Crippen LogP contribution >= 0.6 is 23.2 Å². The van der Waals surface area contributed by atoms with Crippen LogP contribution in [0.3, 0.4) is 0 Å². The van der Waals surface area contributed by atoms with Gasteiger partial charge < -0.3 is 14.8 Å². The third-order valence-electron chi connectivity index (χ3n) is 4.75. The number of sulfonamides is 1. The molecule has 0 saturated heterocycles. The Labute approximate surface area is 202 Å². The number of carbonyl (C=O) groups excluding carboxylic acids is 1. The van der Waals surface area contributed by atoms with Gasteiger partial charge >= 0.3 is 0 Å². The van der Waals surface area contributed by atoms with Gasteiger partial charge in [0.2, 0.25) is 5.91 Å². The fraction of sp³-hybridized carbons (Fsp3) is 0.174. The summed E-state index contributed by atoms with van der Waals surface area (Å²) in [4.78, 5) is 12.7. The number of nitrogens with one attached hydrogen (secondary N) is 1. The molecule has 3 aromatic rings. The van der Waals surface area contributed by atoms with Crippen molar-refractivity contribution in [2.24, 2.45) is 0 Å². The van der Waals surface area contributed by atoms with Crippen molar-refractivity contribution < 1.29 is 22.7 Å². The first kappa shape index (κ1) is 24.7. The second-order valence-electron chi connectivity index (χ2n) is 6.91. The monoisotopic (exact) mass is 508 g/mol. The number of rotatable bonds is 9. The molecule has 0 aliphatic rings. The van der Waals surface area contributed by atoms with Crippen molar-refractivity contribution in [1.29, 1.82) is 0 Å². The number of benzene rings is 3. The maximum Gasteiger partial charge on any atom is 0.264 e. The molecule has 0 aliphatic carbocycles. The first-order valence-corrected chi connectivity index (χ1v) is 12.0. The maximum atomic E-state index is 13.5. The van der Waals surface area contributed by atoms with Crippen LogP contribution in [-0.4, -0.2) is 35.1 Å². The fourth-order valence-corrected chi connectivity index (χ4v) is 4.70. The maximum absolute atomic E-state index is 13.5. The Morgan fingerprint density at radius 2 is 1.45 bits per heavy atom. The van der Waals surface area contributed by atoms with Gasteiger partial charge in [-0.2, -0.15) is 0 Å². The molecule has 0 spiro atoms. The van der Waals surface area contributed by atoms with Crippen LogP contribution in [0.4, 0.5) is 5.69 Å². The summed E-state index contributed by atoms with van der Waals surface area (Å²) in [5.74, 6) is 0.154. The quantitative estimate of drug-likeness (QED) is 0.459. The molecule has 0 saturated carbocycles. The van der Waals surface area contributed by atoms with Gasteiger partial charge in [-0.1, -0.05) is 35.3 Å². The van der Waals surface area contributed by atoms with E-state index in [0.29, 0.717) is 15.8 Å². The Bertz CT molecular complexity index is 1220. The van der Waals surface area contributed by atoms with Gasteiger partial charge in [0, 0.05) is 22.7 Å². The zero-order valence-corrected chi connectivity index (χ0v) is 20.2. The van der Waals surface area contributed by atoms with Crippen LogP contribution in [0.25, 0.3) is 0 Å². The molecule has 0 radical (unpaired) electrons. The highest BCUT2D eigenvalue weighted by atomic mass is 35.5. The molecule has 0 heterocycles. The van der Waals surface area contributed by atoms with Crippen molar-refractivity contribution in [2.45, 2.75) is 11.4 Å². The lowest BCUT2D eigenvalue weighted by molar-refractivity contribution is -0.119. The molecule has 3 aromatic carbocycles. The van der Waals surface area contributed by atoms with Crippen LogP contribution in [0.1, 0.15) is 5.56 Å². The first-order valence-electron chi connectivity index (χ1n) is 9.76. The van der Waals surface area contributed by atoms with Gasteiger partial charge in [-0.3, -0.25) is 9.10 Å². The summed E-state index contributed by atoms with van der Waals surface area (Å²) in [5, 5.41) is 3.76. The number of amides is 1. The molecular weight excluding hydrogens is 487 g/mol. The van der Waals surface area contributed by atoms with E-state index in [9.17, 15) is 13.2 Å². The third kappa shape index (κ3) is 6.10. The molecule has 0 bridgehead atoms. The highest BCUT2D eigenvalue weighted by Crippen LogP contribution is 2.32. The van der Waals surface area contributed by atoms with Crippen LogP contribution in [0.5, 0.6) is 11.5 Å². The zero-order chi connectivity index (χ0) is 24.0. The summed E-state index contributed by atoms with van der Waals surface area (Å²) in [6.07, 6.45) is 0. The van der Waals surface area contributed by atoms with Crippen molar-refractivity contribution in [1.82, 2.24) is 5.32 Å². The predicted octanol–water partition coefficient (Wildman–Crippen LogP) is 4.52. The Balaban J connectivity index is 1.90. The lowest BCUT2D eigenvalue weighted by atomic mass is 10.2. The molecule has 174 valence electrons. The van der Waals surface area contributed by atoms with Crippen molar-refractivity contribution in [3.05, 3.63) is 82.3 Å². The van der Waals surface area contributed by atoms with Crippen LogP contribution < -0.4 is 19.1 Å². The smallest absolute Gasteiger partial charge is 0.264 e. The molecule has 0 unspecified atom stereocenters. The summed E-state index contributed by atoms with van der Waals surface area (Å²) < 4.78 is 38.5. The third-order valence-corrected chi connectivity index (χ3v) is 7.02. The second-order valence-corrected chi connectivity index (χ2v) is 9.64. The van der Waals surface area contributed by atoms with Gasteiger partial charge in [0.25, 0.3) is 10.0 Å². The van der Waals surface area contributed by atoms with E-state index in [1.165, 1.54) is 44.6 Å². The van der Waals surface area contributed by atoms with Gasteiger partial charge in [0.1, 0.15) is 6.54 Å². The molecule has 0 aliphatic heterocycles. The average Bonchev–Trinajstić information content (AvgIpc) is 2.82. The summed E-state index contributed by atoms with van der Waals surface area (Å²) in [5.41, 5.74) is 1.12. The van der Waals surface area contributed by atoms with Gasteiger partial charge in [-0.05, 0) is 54.1 Å². The number of hydrogen-bond acceptors (Lipinski definition) is 5. The van der Waals surface area contributed by atoms with E-state index in [4.69, 9.17) is 32.7 Å². The average molecular weight is 509 g/mol. The van der Waals surface area contributed by atoms with Crippen LogP contribution in [0, 0.1) is 0 Å². The Hall–Kier alpha value is -2.94. The second kappa shape index (κ2) is 10.8. The number of anilines is 1. The molecule has 1 amide bonds. The van der Waals surface area contributed by atoms with E-state index in [1.807, 2.05) is 0 Å². The minimum absolute atomic E-state index is 0.0550. The van der Waals surface area contributed by atoms with Crippen LogP contribution in [-0.2, 0) is 21.4 Å². The largest absolute Gasteiger partial charge is 0.493 e. The molecule has 0 fully saturated rings. The van der Waals surface area contributed by atoms with Crippen molar-refractivity contribution in [3.63, 3.8) is 0 Å². The lowest BCUT2D eigenvalue weighted by Gasteiger charge is -2.24. The van der Waals surface area contributed by atoms with E-state index in [2.05, 4.69) is 5.32 Å². The normalized spacial score (nSPS) is 11.0. The number of nitrogens with zero attached hydrogens (tertiary/aromatic N) is 1. The van der Waals surface area contributed by atoms with Crippen LogP contribution in [0.15, 0.2) is 71.6 Å². The molecule has 10 heteroatoms. The Kier molecular flexibility index (Phi) is 8.07. The van der Waals surface area contributed by atoms with Gasteiger partial charge in [0.15, 0.2) is 11.5 Å². The number of hydrogen-bond donors (Lipinski definition) is 1. The van der Waals surface area contributed by atoms with E-state index in [1.54, 1.807) is 36.4 Å². The molecule has 7 nitrogen and oxygen atoms in total. The fourth-order valence-electron chi connectivity index (χ4n) is 3.02. The molecular formula is C23H22Cl2N2O5S. The minimum atomic E-state index is -4.13. The standard InChI is InChI=1S/C23H22Cl2N2O5S/c1-31-21-12-11-20(13-22(21)32-2)33(29,30)27(19-9-7-18(25)8-10-19)15-23(28)26-14-16-3-5-17(24)6-4-16/h3-13H,14-15H2,1-2H3,(H,26,28). The highest BCUT2D eigenvalue weighted by molar-refractivity contribution is 7.92. The SMILES string of the molecule is COc1ccc(S(=O)(=O)N(CC(=O)NCc2ccc(Cl)cc2)c2ccc(Cl)cc2)cc1OC. The molecule has 0 atom stereocenters. The molecule has 1 N–H and O–H groups in total. The highest BCUT2D eigenvalue weighted by Gasteiger charge is 2.28. The predicted molar refractivity (Wildman–Crippen MR) is 129 cm³/mol. The van der Waals surface area contributed by atoms with Gasteiger partial charge in [0.05, 0.1) is 24.8 Å². The number of ether oxygens (including phenoxy) is 2. The summed E-state index contributed by atoms with van der Waals surface area (Å²) in [7, 11) is -1.26. The van der Waals surface area contributed by atoms with Crippen molar-refractivity contribution >= 4 is 44.8 Å². The first-order chi connectivity index (χ1) is 15.7. The Morgan fingerprint density at radius 3 is 2.03 bits per heavy atom. The van der Waals surface area contributed by atoms with E-state index >= 15 is 0 Å². The number of halogens is 2. The Morgan fingerprint density at radius 1 is 0.879 bits per heavy atom. The van der Waals surface area contributed by atoms with E-state index in [-0.39, 0.29) is 22.9 Å². The topological polar surface area (TPSA) is 84.9 Å². The van der Waals surface area contributed by atoms with Crippen LogP contribution in [0.2, 0.25) is 10.0 Å². The van der Waals surface area contributed by atoms with Gasteiger partial charge in [-0.25, -0.2) is 8.42 Å². The summed E-state index contributed by atoms with van der Waals surface area (Å²) in [6.45, 7) is -0.216. The summed E-state index contributed by atoms with van der Waals surface area (Å²) in [6, 6.07) is 17.4. The minimum Gasteiger partial charge on any atom is -0.493 e.